The minimum absolute atomic E-state index is 0.00475. The van der Waals surface area contributed by atoms with Crippen molar-refractivity contribution < 1.29 is 28.3 Å². The predicted octanol–water partition coefficient (Wildman–Crippen LogP) is 2.15. The molecule has 1 fully saturated rings. The lowest BCUT2D eigenvalue weighted by Crippen LogP contribution is -2.51. The number of fused-ring (bicyclic) bond motifs is 1. The molecule has 1 amide bonds. The maximum absolute atomic E-state index is 12.7. The van der Waals surface area contributed by atoms with Crippen LogP contribution in [-0.4, -0.2) is 70.3 Å². The molecule has 2 aliphatic heterocycles. The van der Waals surface area contributed by atoms with Gasteiger partial charge >= 0.3 is 8.25 Å². The molecule has 1 aromatic heterocycles. The largest absolute Gasteiger partial charge is 0.410 e. The van der Waals surface area contributed by atoms with Crippen LogP contribution in [0.25, 0.3) is 0 Å². The maximum Gasteiger partial charge on any atom is 0.317 e. The van der Waals surface area contributed by atoms with Crippen LogP contribution in [0.4, 0.5) is 17.5 Å². The third kappa shape index (κ3) is 5.95. The number of carbonyl (C=O) groups is 1. The van der Waals surface area contributed by atoms with Gasteiger partial charge in [-0.3, -0.25) is 24.5 Å². The van der Waals surface area contributed by atoms with Gasteiger partial charge in [-0.15, -0.1) is 11.8 Å². The topological polar surface area (TPSA) is 166 Å². The van der Waals surface area contributed by atoms with Crippen LogP contribution < -0.4 is 21.1 Å². The number of aliphatic hydroxyl groups is 1. The first-order valence-electron chi connectivity index (χ1n) is 11.5. The minimum Gasteiger partial charge on any atom is -0.410 e. The Kier molecular flexibility index (Phi) is 8.47. The second-order valence-electron chi connectivity index (χ2n) is 10.5. The van der Waals surface area contributed by atoms with Gasteiger partial charge in [0.2, 0.25) is 11.9 Å². The van der Waals surface area contributed by atoms with Crippen molar-refractivity contribution in [3.63, 3.8) is 0 Å². The number of nitrogens with zero attached hydrogens (tertiary/aromatic N) is 2. The van der Waals surface area contributed by atoms with Crippen molar-refractivity contribution in [2.75, 3.05) is 28.8 Å². The van der Waals surface area contributed by atoms with E-state index in [-0.39, 0.29) is 47.6 Å². The Hall–Kier alpha value is -1.41. The number of aliphatic hydroxyl groups excluding tert-OH is 1. The van der Waals surface area contributed by atoms with E-state index in [1.807, 2.05) is 0 Å². The summed E-state index contributed by atoms with van der Waals surface area (Å²) >= 11 is 1.35. The zero-order chi connectivity index (χ0) is 26.3. The Morgan fingerprint density at radius 2 is 2.03 bits per heavy atom. The highest BCUT2D eigenvalue weighted by molar-refractivity contribution is 8.01. The summed E-state index contributed by atoms with van der Waals surface area (Å²) in [5.41, 5.74) is -0.238. The lowest BCUT2D eigenvalue weighted by molar-refractivity contribution is -0.118. The lowest BCUT2D eigenvalue weighted by atomic mass is 10.1. The van der Waals surface area contributed by atoms with Gasteiger partial charge in [-0.2, -0.15) is 4.98 Å². The summed E-state index contributed by atoms with van der Waals surface area (Å²) in [7, 11) is -5.69. The molecule has 1 aromatic rings. The van der Waals surface area contributed by atoms with Crippen molar-refractivity contribution in [3.8, 4) is 0 Å². The summed E-state index contributed by atoms with van der Waals surface area (Å²) < 4.78 is 24.0. The first-order chi connectivity index (χ1) is 16.2. The number of aromatic nitrogens is 2. The second-order valence-corrected chi connectivity index (χ2v) is 17.4. The number of aromatic amines is 1. The number of nitrogens with one attached hydrogen (secondary N) is 3. The lowest BCUT2D eigenvalue weighted by Gasteiger charge is -2.41. The number of amides is 1. The summed E-state index contributed by atoms with van der Waals surface area (Å²) in [6, 6.07) is 0. The van der Waals surface area contributed by atoms with Crippen molar-refractivity contribution in [1.29, 1.82) is 0 Å². The molecule has 2 aliphatic rings. The molecule has 0 spiro atoms. The van der Waals surface area contributed by atoms with Crippen LogP contribution in [0.1, 0.15) is 34.6 Å². The van der Waals surface area contributed by atoms with Gasteiger partial charge in [0, 0.05) is 5.92 Å². The fourth-order valence-electron chi connectivity index (χ4n) is 3.61. The van der Waals surface area contributed by atoms with E-state index in [4.69, 9.17) is 8.95 Å². The monoisotopic (exact) mass is 549 g/mol. The maximum atomic E-state index is 12.7. The number of rotatable bonds is 8. The summed E-state index contributed by atoms with van der Waals surface area (Å²) in [5.74, 6) is -0.331. The van der Waals surface area contributed by atoms with Crippen molar-refractivity contribution in [3.05, 3.63) is 10.4 Å². The molecule has 15 heteroatoms. The fraction of sp³-hybridized carbons (Fsp3) is 0.750. The molecule has 3 heterocycles. The Bertz CT molecular complexity index is 1030. The Balaban J connectivity index is 1.98. The average Bonchev–Trinajstić information content (AvgIpc) is 3.28. The highest BCUT2D eigenvalue weighted by atomic mass is 32.2. The fourth-order valence-corrected chi connectivity index (χ4v) is 7.13. The molecule has 0 saturated carbocycles. The zero-order valence-corrected chi connectivity index (χ0v) is 23.9. The van der Waals surface area contributed by atoms with Gasteiger partial charge in [0.25, 0.3) is 5.56 Å². The molecule has 198 valence electrons. The van der Waals surface area contributed by atoms with Gasteiger partial charge < -0.3 is 29.2 Å². The van der Waals surface area contributed by atoms with Crippen LogP contribution in [-0.2, 0) is 18.3 Å². The smallest absolute Gasteiger partial charge is 0.317 e. The minimum atomic E-state index is -3.35. The Morgan fingerprint density at radius 3 is 2.57 bits per heavy atom. The van der Waals surface area contributed by atoms with Crippen LogP contribution in [0.5, 0.6) is 0 Å². The molecule has 0 bridgehead atoms. The van der Waals surface area contributed by atoms with Gasteiger partial charge in [0.1, 0.15) is 17.2 Å². The molecule has 12 nitrogen and oxygen atoms in total. The molecule has 35 heavy (non-hydrogen) atoms. The molecule has 0 radical (unpaired) electrons. The molecule has 1 unspecified atom stereocenters. The third-order valence-corrected chi connectivity index (χ3v) is 13.1. The molecule has 0 aromatic carbocycles. The van der Waals surface area contributed by atoms with Crippen molar-refractivity contribution >= 4 is 51.7 Å². The van der Waals surface area contributed by atoms with Crippen molar-refractivity contribution in [2.24, 2.45) is 5.92 Å². The number of anilines is 3. The molecule has 0 aliphatic carbocycles. The molecule has 1 saturated heterocycles. The van der Waals surface area contributed by atoms with E-state index in [1.54, 1.807) is 18.7 Å². The average molecular weight is 550 g/mol. The number of hydrogen-bond acceptors (Lipinski definition) is 10. The van der Waals surface area contributed by atoms with Crippen LogP contribution in [0.2, 0.25) is 18.1 Å². The molecular weight excluding hydrogens is 513 g/mol. The summed E-state index contributed by atoms with van der Waals surface area (Å²) in [4.78, 5) is 43.3. The number of H-pyrrole nitrogens is 1. The third-order valence-electron chi connectivity index (χ3n) is 6.61. The number of hydrogen-bond donors (Lipinski definition) is 5. The Morgan fingerprint density at radius 1 is 1.37 bits per heavy atom. The van der Waals surface area contributed by atoms with Crippen LogP contribution in [0, 0.1) is 5.92 Å². The first-order valence-corrected chi connectivity index (χ1v) is 16.6. The first kappa shape index (κ1) is 28.2. The Labute approximate surface area is 210 Å². The van der Waals surface area contributed by atoms with Crippen molar-refractivity contribution in [1.82, 2.24) is 9.97 Å². The second kappa shape index (κ2) is 10.5. The van der Waals surface area contributed by atoms with Gasteiger partial charge in [-0.25, -0.2) is 0 Å². The van der Waals surface area contributed by atoms with Gasteiger partial charge in [-0.1, -0.05) is 34.6 Å². The number of thioether (sulfide) groups is 1. The van der Waals surface area contributed by atoms with E-state index < -0.39 is 45.0 Å². The van der Waals surface area contributed by atoms with Crippen LogP contribution in [0.3, 0.4) is 0 Å². The quantitative estimate of drug-likeness (QED) is 0.238. The predicted molar refractivity (Wildman–Crippen MR) is 140 cm³/mol. The van der Waals surface area contributed by atoms with Crippen LogP contribution in [0.15, 0.2) is 4.79 Å². The van der Waals surface area contributed by atoms with E-state index >= 15 is 0 Å². The molecule has 3 rings (SSSR count). The number of carbonyl (C=O) groups excluding carboxylic acids is 1. The van der Waals surface area contributed by atoms with Gasteiger partial charge in [0.15, 0.2) is 14.1 Å². The van der Waals surface area contributed by atoms with Crippen molar-refractivity contribution in [2.45, 2.75) is 75.6 Å². The van der Waals surface area contributed by atoms with Crippen LogP contribution >= 0.6 is 20.0 Å². The summed E-state index contributed by atoms with van der Waals surface area (Å²) in [6.45, 7) is 13.8. The van der Waals surface area contributed by atoms with E-state index in [2.05, 4.69) is 54.5 Å². The van der Waals surface area contributed by atoms with Gasteiger partial charge in [0.05, 0.1) is 24.6 Å². The highest BCUT2D eigenvalue weighted by Gasteiger charge is 2.53. The van der Waals surface area contributed by atoms with E-state index in [0.717, 1.165) is 0 Å². The highest BCUT2D eigenvalue weighted by Crippen LogP contribution is 2.48. The molecular formula is C20H36N5O7PSSi. The zero-order valence-electron chi connectivity index (χ0n) is 21.0. The van der Waals surface area contributed by atoms with E-state index in [0.29, 0.717) is 0 Å². The molecule has 5 N–H and O–H groups in total. The molecule has 5 atom stereocenters. The summed E-state index contributed by atoms with van der Waals surface area (Å²) in [5, 5.41) is 14.6. The van der Waals surface area contributed by atoms with Gasteiger partial charge in [-0.05, 0) is 18.1 Å². The van der Waals surface area contributed by atoms with E-state index in [9.17, 15) is 24.2 Å². The standard InChI is InChI=1S/C20H36N5O7PSSi/c1-10(2)16(27)23-19-22-15-12(17(28)24-19)21-9-25(15)18-14(31-33(29)30)13(11(8-26)34-18)32-35(6,7)20(3,4)5/h10-11,13-14,18,21,26,33H,8-9H2,1-7H3,(H,29,30)(H2,22,23,24,27,28)/t11-,13-,14-,18-/m1/s1. The normalized spacial score (nSPS) is 25.5. The van der Waals surface area contributed by atoms with E-state index in [1.165, 1.54) is 11.8 Å². The summed E-state index contributed by atoms with van der Waals surface area (Å²) in [6.07, 6.45) is -1.52. The SMILES string of the molecule is CC(C)C(=O)Nc1nc2c(c(=O)[nH]1)NCN2[C@@H]1S[C@H](CO)[C@@H](O[Si](C)(C)C(C)(C)C)[C@H]1O[PH](=O)O.